The molecule has 4 aromatic rings. The minimum Gasteiger partial charge on any atom is -0.457 e. The number of likely N-dealkylation sites (N-methyl/N-ethyl adjacent to an activating group) is 1. The molecule has 1 amide bonds. The number of nitrogen functional groups attached to an aromatic ring is 1. The maximum atomic E-state index is 14.0. The predicted octanol–water partition coefficient (Wildman–Crippen LogP) is 3.97. The average molecular weight is 638 g/mol. The van der Waals surface area contributed by atoms with Crippen LogP contribution in [0.25, 0.3) is 16.9 Å². The first-order chi connectivity index (χ1) is 22.4. The summed E-state index contributed by atoms with van der Waals surface area (Å²) >= 11 is 0. The van der Waals surface area contributed by atoms with Crippen LogP contribution < -0.4 is 21.5 Å². The van der Waals surface area contributed by atoms with Gasteiger partial charge in [0.05, 0.1) is 5.69 Å². The molecule has 47 heavy (non-hydrogen) atoms. The molecule has 2 aromatic carbocycles. The number of hydrogen-bond donors (Lipinski definition) is 2. The van der Waals surface area contributed by atoms with E-state index >= 15 is 0 Å². The molecule has 3 heterocycles. The Kier molecular flexibility index (Phi) is 9.79. The Morgan fingerprint density at radius 1 is 1.02 bits per heavy atom. The maximum absolute atomic E-state index is 14.0. The van der Waals surface area contributed by atoms with Gasteiger partial charge in [0.25, 0.3) is 5.91 Å². The summed E-state index contributed by atoms with van der Waals surface area (Å²) in [5.74, 6) is 1.04. The molecule has 0 spiro atoms. The number of anilines is 1. The second-order valence-electron chi connectivity index (χ2n) is 13.1. The van der Waals surface area contributed by atoms with Crippen molar-refractivity contribution < 1.29 is 9.53 Å². The van der Waals surface area contributed by atoms with E-state index in [4.69, 9.17) is 10.5 Å². The third-order valence-electron chi connectivity index (χ3n) is 8.62. The topological polar surface area (TPSA) is 147 Å². The van der Waals surface area contributed by atoms with Gasteiger partial charge in [-0.2, -0.15) is 5.26 Å². The van der Waals surface area contributed by atoms with E-state index in [0.29, 0.717) is 28.4 Å². The molecular weight excluding hydrogens is 594 g/mol. The summed E-state index contributed by atoms with van der Waals surface area (Å²) in [5, 5.41) is 12.8. The molecule has 3 N–H and O–H groups in total. The fraction of sp³-hybridized carbons (Fsp3) is 0.400. The molecular formula is C35H43N9O3. The highest BCUT2D eigenvalue weighted by molar-refractivity contribution is 5.97. The first-order valence-corrected chi connectivity index (χ1v) is 15.9. The van der Waals surface area contributed by atoms with Gasteiger partial charge in [0.1, 0.15) is 35.0 Å². The lowest BCUT2D eigenvalue weighted by Gasteiger charge is -2.42. The minimum atomic E-state index is -0.599. The van der Waals surface area contributed by atoms with Crippen LogP contribution >= 0.6 is 0 Å². The normalized spacial score (nSPS) is 15.0. The molecule has 12 heteroatoms. The number of nitriles is 1. The lowest BCUT2D eigenvalue weighted by molar-refractivity contribution is -0.117. The molecule has 0 atom stereocenters. The first-order valence-electron chi connectivity index (χ1n) is 15.9. The summed E-state index contributed by atoms with van der Waals surface area (Å²) in [7, 11) is 0. The molecule has 1 saturated heterocycles. The highest BCUT2D eigenvalue weighted by atomic mass is 16.5. The van der Waals surface area contributed by atoms with Crippen molar-refractivity contribution in [3.63, 3.8) is 0 Å². The Labute approximate surface area is 275 Å². The summed E-state index contributed by atoms with van der Waals surface area (Å²) in [5.41, 5.74) is 6.31. The Hall–Kier alpha value is -4.99. The minimum absolute atomic E-state index is 0.0673. The summed E-state index contributed by atoms with van der Waals surface area (Å²) in [6.45, 7) is 15.2. The van der Waals surface area contributed by atoms with E-state index in [1.165, 1.54) is 10.9 Å². The van der Waals surface area contributed by atoms with Gasteiger partial charge in [-0.15, -0.1) is 0 Å². The van der Waals surface area contributed by atoms with E-state index in [9.17, 15) is 14.9 Å². The number of carbonyl (C=O) groups is 1. The number of imidazole rings is 1. The van der Waals surface area contributed by atoms with Gasteiger partial charge in [0, 0.05) is 50.2 Å². The van der Waals surface area contributed by atoms with Crippen LogP contribution in [-0.4, -0.2) is 79.6 Å². The van der Waals surface area contributed by atoms with Gasteiger partial charge >= 0.3 is 5.69 Å². The Bertz CT molecular complexity index is 1840. The van der Waals surface area contributed by atoms with Gasteiger partial charge in [0.15, 0.2) is 11.5 Å². The lowest BCUT2D eigenvalue weighted by atomic mass is 9.93. The SMILES string of the molecule is CCN1CCN(C(C)(C)C=C(C#N)C(=O)NCC(C)(C)Cn2c(=O)n(-c3ccc(Oc4ccccc4)cc3)c3c(N)ncnc32)CC1. The molecule has 1 aliphatic heterocycles. The van der Waals surface area contributed by atoms with E-state index in [1.807, 2.05) is 58.0 Å². The molecule has 0 radical (unpaired) electrons. The molecule has 0 bridgehead atoms. The first kappa shape index (κ1) is 33.4. The number of benzene rings is 2. The fourth-order valence-electron chi connectivity index (χ4n) is 5.90. The number of piperazine rings is 1. The van der Waals surface area contributed by atoms with Crippen molar-refractivity contribution in [1.82, 2.24) is 34.2 Å². The average Bonchev–Trinajstić information content (AvgIpc) is 3.34. The summed E-state index contributed by atoms with van der Waals surface area (Å²) in [4.78, 5) is 40.4. The third kappa shape index (κ3) is 7.53. The van der Waals surface area contributed by atoms with Gasteiger partial charge in [-0.05, 0) is 62.9 Å². The van der Waals surface area contributed by atoms with Crippen molar-refractivity contribution in [2.75, 3.05) is 45.0 Å². The Balaban J connectivity index is 1.33. The number of nitrogens with two attached hydrogens (primary N) is 1. The molecule has 0 saturated carbocycles. The van der Waals surface area contributed by atoms with Crippen molar-refractivity contribution in [1.29, 1.82) is 5.26 Å². The summed E-state index contributed by atoms with van der Waals surface area (Å²) < 4.78 is 8.95. The fourth-order valence-corrected chi connectivity index (χ4v) is 5.90. The molecule has 1 aliphatic rings. The molecule has 5 rings (SSSR count). The van der Waals surface area contributed by atoms with E-state index in [0.717, 1.165) is 32.7 Å². The number of nitrogens with zero attached hydrogens (tertiary/aromatic N) is 7. The number of carbonyl (C=O) groups excluding carboxylic acids is 1. The van der Waals surface area contributed by atoms with Crippen LogP contribution in [0.1, 0.15) is 34.6 Å². The van der Waals surface area contributed by atoms with Gasteiger partial charge in [-0.25, -0.2) is 14.8 Å². The zero-order valence-electron chi connectivity index (χ0n) is 27.7. The number of nitrogens with one attached hydrogen (secondary N) is 1. The molecule has 0 unspecified atom stereocenters. The standard InChI is InChI=1S/C35H43N9O3/c1-6-41-16-18-42(19-17-41)35(4,5)20-25(21-36)32(45)38-22-34(2,3)23-43-31-29(30(37)39-24-40-31)44(33(43)46)26-12-14-28(15-13-26)47-27-10-8-7-9-11-27/h7-15,20,24H,6,16-19,22-23H2,1-5H3,(H,38,45)(H2,37,39,40). The smallest absolute Gasteiger partial charge is 0.335 e. The number of amides is 1. The van der Waals surface area contributed by atoms with E-state index in [2.05, 4.69) is 38.1 Å². The van der Waals surface area contributed by atoms with E-state index in [-0.39, 0.29) is 30.2 Å². The van der Waals surface area contributed by atoms with Gasteiger partial charge < -0.3 is 20.7 Å². The number of fused-ring (bicyclic) bond motifs is 1. The number of ether oxygens (including phenoxy) is 1. The van der Waals surface area contributed by atoms with Crippen molar-refractivity contribution >= 4 is 22.9 Å². The Morgan fingerprint density at radius 3 is 2.32 bits per heavy atom. The van der Waals surface area contributed by atoms with Crippen LogP contribution in [0.4, 0.5) is 5.82 Å². The second kappa shape index (κ2) is 13.8. The summed E-state index contributed by atoms with van der Waals surface area (Å²) in [6, 6.07) is 18.6. The highest BCUT2D eigenvalue weighted by Gasteiger charge is 2.30. The van der Waals surface area contributed by atoms with Crippen LogP contribution in [0, 0.1) is 16.7 Å². The van der Waals surface area contributed by atoms with Crippen LogP contribution in [-0.2, 0) is 11.3 Å². The number of aromatic nitrogens is 4. The monoisotopic (exact) mass is 637 g/mol. The molecule has 0 aliphatic carbocycles. The van der Waals surface area contributed by atoms with Gasteiger partial charge in [0.2, 0.25) is 0 Å². The van der Waals surface area contributed by atoms with Gasteiger partial charge in [-0.3, -0.25) is 18.8 Å². The quantitative estimate of drug-likeness (QED) is 0.184. The zero-order valence-corrected chi connectivity index (χ0v) is 27.7. The molecule has 1 fully saturated rings. The Morgan fingerprint density at radius 2 is 1.68 bits per heavy atom. The van der Waals surface area contributed by atoms with Crippen molar-refractivity contribution in [2.45, 2.75) is 46.7 Å². The largest absolute Gasteiger partial charge is 0.457 e. The summed E-state index contributed by atoms with van der Waals surface area (Å²) in [6.07, 6.45) is 3.09. The van der Waals surface area contributed by atoms with Crippen LogP contribution in [0.5, 0.6) is 11.5 Å². The zero-order chi connectivity index (χ0) is 33.8. The molecule has 2 aromatic heterocycles. The number of para-hydroxylation sites is 1. The van der Waals surface area contributed by atoms with Crippen LogP contribution in [0.3, 0.4) is 0 Å². The second-order valence-corrected chi connectivity index (χ2v) is 13.1. The van der Waals surface area contributed by atoms with Crippen LogP contribution in [0.15, 0.2) is 77.4 Å². The van der Waals surface area contributed by atoms with Crippen molar-refractivity contribution in [2.24, 2.45) is 5.41 Å². The van der Waals surface area contributed by atoms with Crippen LogP contribution in [0.2, 0.25) is 0 Å². The van der Waals surface area contributed by atoms with E-state index in [1.54, 1.807) is 34.9 Å². The van der Waals surface area contributed by atoms with E-state index < -0.39 is 16.9 Å². The highest BCUT2D eigenvalue weighted by Crippen LogP contribution is 2.27. The van der Waals surface area contributed by atoms with Gasteiger partial charge in [-0.1, -0.05) is 39.0 Å². The molecule has 246 valence electrons. The van der Waals surface area contributed by atoms with Crippen molar-refractivity contribution in [3.05, 3.63) is 83.1 Å². The molecule has 12 nitrogen and oxygen atoms in total. The lowest BCUT2D eigenvalue weighted by Crippen LogP contribution is -2.54. The predicted molar refractivity (Wildman–Crippen MR) is 182 cm³/mol. The number of hydrogen-bond acceptors (Lipinski definition) is 9. The maximum Gasteiger partial charge on any atom is 0.335 e. The van der Waals surface area contributed by atoms with Crippen molar-refractivity contribution in [3.8, 4) is 23.3 Å². The third-order valence-corrected chi connectivity index (χ3v) is 8.62. The number of rotatable bonds is 11.